The van der Waals surface area contributed by atoms with Crippen molar-refractivity contribution >= 4 is 52.2 Å². The van der Waals surface area contributed by atoms with Crippen LogP contribution in [0.25, 0.3) is 5.65 Å². The molecule has 0 aliphatic carbocycles. The van der Waals surface area contributed by atoms with Gasteiger partial charge in [0.05, 0.1) is 15.8 Å². The third-order valence-electron chi connectivity index (χ3n) is 3.03. The van der Waals surface area contributed by atoms with Crippen LogP contribution in [0.2, 0.25) is 10.0 Å². The number of aryl methyl sites for hydroxylation is 1. The molecule has 118 valence electrons. The number of fused-ring (bicyclic) bond motifs is 1. The average Bonchev–Trinajstić information content (AvgIpc) is 2.88. The molecule has 0 fully saturated rings. The van der Waals surface area contributed by atoms with Crippen LogP contribution in [-0.2, 0) is 4.79 Å². The maximum absolute atomic E-state index is 12.0. The highest BCUT2D eigenvalue weighted by molar-refractivity contribution is 7.99. The summed E-state index contributed by atoms with van der Waals surface area (Å²) in [6.07, 6.45) is 1.67. The molecule has 0 atom stereocenters. The number of benzene rings is 1. The number of nitrogens with zero attached hydrogens (tertiary/aromatic N) is 3. The molecule has 1 amide bonds. The molecule has 0 radical (unpaired) electrons. The maximum Gasteiger partial charge on any atom is 0.234 e. The summed E-state index contributed by atoms with van der Waals surface area (Å²) in [6.45, 7) is 1.97. The van der Waals surface area contributed by atoms with E-state index in [0.29, 0.717) is 20.8 Å². The summed E-state index contributed by atoms with van der Waals surface area (Å²) in [7, 11) is 0. The molecule has 0 unspecified atom stereocenters. The van der Waals surface area contributed by atoms with Crippen molar-refractivity contribution in [2.24, 2.45) is 0 Å². The molecule has 0 saturated heterocycles. The zero-order chi connectivity index (χ0) is 16.4. The number of aromatic nitrogens is 3. The van der Waals surface area contributed by atoms with Gasteiger partial charge in [-0.1, -0.05) is 47.1 Å². The molecule has 0 aliphatic rings. The Kier molecular flexibility index (Phi) is 4.75. The largest absolute Gasteiger partial charge is 0.325 e. The second-order valence-corrected chi connectivity index (χ2v) is 6.67. The van der Waals surface area contributed by atoms with Gasteiger partial charge in [-0.05, 0) is 30.7 Å². The topological polar surface area (TPSA) is 59.3 Å². The summed E-state index contributed by atoms with van der Waals surface area (Å²) in [6, 6.07) is 9.23. The van der Waals surface area contributed by atoms with Crippen LogP contribution in [0.4, 0.5) is 5.69 Å². The predicted octanol–water partition coefficient (Wildman–Crippen LogP) is 4.08. The van der Waals surface area contributed by atoms with Gasteiger partial charge in [-0.25, -0.2) is 0 Å². The number of carbonyl (C=O) groups is 1. The molecule has 0 spiro atoms. The molecule has 0 bridgehead atoms. The minimum Gasteiger partial charge on any atom is -0.325 e. The lowest BCUT2D eigenvalue weighted by Crippen LogP contribution is -2.14. The van der Waals surface area contributed by atoms with E-state index in [2.05, 4.69) is 15.5 Å². The first-order valence-electron chi connectivity index (χ1n) is 6.72. The van der Waals surface area contributed by atoms with Crippen molar-refractivity contribution in [2.45, 2.75) is 12.1 Å². The van der Waals surface area contributed by atoms with E-state index in [1.807, 2.05) is 31.2 Å². The number of halogens is 2. The van der Waals surface area contributed by atoms with E-state index in [-0.39, 0.29) is 11.7 Å². The maximum atomic E-state index is 12.0. The Morgan fingerprint density at radius 3 is 2.91 bits per heavy atom. The molecular formula is C15H12Cl2N4OS. The summed E-state index contributed by atoms with van der Waals surface area (Å²) in [5.41, 5.74) is 2.37. The summed E-state index contributed by atoms with van der Waals surface area (Å²) >= 11 is 13.3. The number of thioether (sulfide) groups is 1. The number of hydrogen-bond donors (Lipinski definition) is 1. The van der Waals surface area contributed by atoms with Crippen LogP contribution in [0.5, 0.6) is 0 Å². The van der Waals surface area contributed by atoms with E-state index in [1.165, 1.54) is 11.8 Å². The van der Waals surface area contributed by atoms with E-state index in [9.17, 15) is 4.79 Å². The number of nitrogens with one attached hydrogen (secondary N) is 1. The number of carbonyl (C=O) groups excluding carboxylic acids is 1. The number of pyridine rings is 1. The Hall–Kier alpha value is -1.76. The minimum absolute atomic E-state index is 0.120. The van der Waals surface area contributed by atoms with E-state index >= 15 is 0 Å². The first-order chi connectivity index (χ1) is 11.0. The van der Waals surface area contributed by atoms with Gasteiger partial charge in [-0.15, -0.1) is 10.2 Å². The highest BCUT2D eigenvalue weighted by Crippen LogP contribution is 2.25. The fourth-order valence-electron chi connectivity index (χ4n) is 2.05. The quantitative estimate of drug-likeness (QED) is 0.706. The first-order valence-corrected chi connectivity index (χ1v) is 8.46. The normalized spacial score (nSPS) is 10.9. The summed E-state index contributed by atoms with van der Waals surface area (Å²) in [4.78, 5) is 12.0. The van der Waals surface area contributed by atoms with Crippen LogP contribution in [0.15, 0.2) is 41.7 Å². The van der Waals surface area contributed by atoms with Crippen LogP contribution >= 0.6 is 35.0 Å². The van der Waals surface area contributed by atoms with Crippen LogP contribution in [0.1, 0.15) is 5.56 Å². The second kappa shape index (κ2) is 6.78. The fraction of sp³-hybridized carbons (Fsp3) is 0.133. The zero-order valence-corrected chi connectivity index (χ0v) is 14.4. The standard InChI is InChI=1S/C15H12Cl2N4OS/c1-9-3-2-4-11(5-9)18-13(22)8-23-15-20-19-14-12(17)6-10(16)7-21(14)15/h2-7H,8H2,1H3,(H,18,22). The molecule has 0 saturated carbocycles. The number of rotatable bonds is 4. The molecule has 0 aliphatic heterocycles. The number of amides is 1. The second-order valence-electron chi connectivity index (χ2n) is 4.89. The molecule has 1 N–H and O–H groups in total. The average molecular weight is 367 g/mol. The van der Waals surface area contributed by atoms with Crippen molar-refractivity contribution in [2.75, 3.05) is 11.1 Å². The van der Waals surface area contributed by atoms with Gasteiger partial charge in [-0.3, -0.25) is 9.20 Å². The van der Waals surface area contributed by atoms with Gasteiger partial charge < -0.3 is 5.32 Å². The van der Waals surface area contributed by atoms with Gasteiger partial charge in [0.15, 0.2) is 10.8 Å². The van der Waals surface area contributed by atoms with Crippen molar-refractivity contribution in [1.29, 1.82) is 0 Å². The Morgan fingerprint density at radius 2 is 2.13 bits per heavy atom. The molecule has 3 aromatic rings. The van der Waals surface area contributed by atoms with Gasteiger partial charge in [-0.2, -0.15) is 0 Å². The fourth-order valence-corrected chi connectivity index (χ4v) is 3.27. The Morgan fingerprint density at radius 1 is 1.30 bits per heavy atom. The van der Waals surface area contributed by atoms with Crippen LogP contribution in [0, 0.1) is 6.92 Å². The van der Waals surface area contributed by atoms with Crippen LogP contribution < -0.4 is 5.32 Å². The molecule has 23 heavy (non-hydrogen) atoms. The monoisotopic (exact) mass is 366 g/mol. The van der Waals surface area contributed by atoms with Gasteiger partial charge >= 0.3 is 0 Å². The molecule has 2 heterocycles. The highest BCUT2D eigenvalue weighted by Gasteiger charge is 2.12. The smallest absolute Gasteiger partial charge is 0.234 e. The summed E-state index contributed by atoms with van der Waals surface area (Å²) < 4.78 is 1.68. The number of hydrogen-bond acceptors (Lipinski definition) is 4. The Balaban J connectivity index is 1.70. The van der Waals surface area contributed by atoms with Crippen LogP contribution in [-0.4, -0.2) is 26.3 Å². The molecule has 5 nitrogen and oxygen atoms in total. The van der Waals surface area contributed by atoms with Gasteiger partial charge in [0.1, 0.15) is 0 Å². The van der Waals surface area contributed by atoms with Gasteiger partial charge in [0.25, 0.3) is 0 Å². The summed E-state index contributed by atoms with van der Waals surface area (Å²) in [5, 5.41) is 12.3. The third kappa shape index (κ3) is 3.77. The lowest BCUT2D eigenvalue weighted by atomic mass is 10.2. The highest BCUT2D eigenvalue weighted by atomic mass is 35.5. The predicted molar refractivity (Wildman–Crippen MR) is 93.5 cm³/mol. The van der Waals surface area contributed by atoms with Gasteiger partial charge in [0, 0.05) is 11.9 Å². The lowest BCUT2D eigenvalue weighted by Gasteiger charge is -2.05. The lowest BCUT2D eigenvalue weighted by molar-refractivity contribution is -0.113. The Labute approximate surface area is 147 Å². The van der Waals surface area contributed by atoms with Crippen LogP contribution in [0.3, 0.4) is 0 Å². The Bertz CT molecular complexity index is 881. The SMILES string of the molecule is Cc1cccc(NC(=O)CSc2nnc3c(Cl)cc(Cl)cn23)c1. The number of anilines is 1. The van der Waals surface area contributed by atoms with E-state index in [1.54, 1.807) is 16.7 Å². The van der Waals surface area contributed by atoms with Crippen molar-refractivity contribution in [3.8, 4) is 0 Å². The van der Waals surface area contributed by atoms with Crippen molar-refractivity contribution < 1.29 is 4.79 Å². The van der Waals surface area contributed by atoms with Crippen molar-refractivity contribution in [1.82, 2.24) is 14.6 Å². The molecule has 2 aromatic heterocycles. The van der Waals surface area contributed by atoms with E-state index < -0.39 is 0 Å². The molecular weight excluding hydrogens is 355 g/mol. The van der Waals surface area contributed by atoms with Crippen molar-refractivity contribution in [3.63, 3.8) is 0 Å². The van der Waals surface area contributed by atoms with Crippen molar-refractivity contribution in [3.05, 3.63) is 52.1 Å². The first kappa shape index (κ1) is 16.1. The van der Waals surface area contributed by atoms with E-state index in [0.717, 1.165) is 11.3 Å². The molecule has 1 aromatic carbocycles. The third-order valence-corrected chi connectivity index (χ3v) is 4.46. The summed E-state index contributed by atoms with van der Waals surface area (Å²) in [5.74, 6) is 0.0873. The minimum atomic E-state index is -0.120. The van der Waals surface area contributed by atoms with E-state index in [4.69, 9.17) is 23.2 Å². The zero-order valence-electron chi connectivity index (χ0n) is 12.1. The molecule has 3 rings (SSSR count). The van der Waals surface area contributed by atoms with Gasteiger partial charge in [0.2, 0.25) is 5.91 Å². The molecule has 8 heteroatoms.